The van der Waals surface area contributed by atoms with Crippen LogP contribution in [0.2, 0.25) is 5.02 Å². The highest BCUT2D eigenvalue weighted by Gasteiger charge is 2.41. The molecule has 8 heteroatoms. The lowest BCUT2D eigenvalue weighted by atomic mass is 9.81. The summed E-state index contributed by atoms with van der Waals surface area (Å²) in [5.74, 6) is -1.06. The van der Waals surface area contributed by atoms with Gasteiger partial charge in [-0.3, -0.25) is 0 Å². The normalized spacial score (nSPS) is 20.0. The van der Waals surface area contributed by atoms with Crippen LogP contribution >= 0.6 is 11.6 Å². The maximum absolute atomic E-state index is 13.6. The molecule has 0 bridgehead atoms. The second-order valence-corrected chi connectivity index (χ2v) is 10.5. The Morgan fingerprint density at radius 1 is 1.25 bits per heavy atom. The number of carbonyl (C=O) groups is 1. The Kier molecular flexibility index (Phi) is 7.51. The van der Waals surface area contributed by atoms with Gasteiger partial charge in [-0.1, -0.05) is 56.5 Å². The lowest BCUT2D eigenvalue weighted by Gasteiger charge is -2.36. The molecule has 0 aliphatic carbocycles. The van der Waals surface area contributed by atoms with Crippen LogP contribution in [-0.4, -0.2) is 31.8 Å². The number of halogens is 1. The van der Waals surface area contributed by atoms with E-state index in [0.717, 1.165) is 43.7 Å². The fraction of sp³-hybridized carbons (Fsp3) is 0.375. The number of ether oxygens (including phenoxy) is 1. The van der Waals surface area contributed by atoms with Crippen molar-refractivity contribution in [2.75, 3.05) is 17.2 Å². The van der Waals surface area contributed by atoms with Gasteiger partial charge in [-0.15, -0.1) is 0 Å². The molecule has 32 heavy (non-hydrogen) atoms. The summed E-state index contributed by atoms with van der Waals surface area (Å²) < 4.78 is 32.6. The predicted molar refractivity (Wildman–Crippen MR) is 127 cm³/mol. The second-order valence-electron chi connectivity index (χ2n) is 8.15. The van der Waals surface area contributed by atoms with Crippen LogP contribution in [-0.2, 0) is 14.6 Å². The third-order valence-corrected chi connectivity index (χ3v) is 8.20. The first kappa shape index (κ1) is 24.1. The van der Waals surface area contributed by atoms with E-state index in [2.05, 4.69) is 6.92 Å². The Hall–Kier alpha value is -2.51. The van der Waals surface area contributed by atoms with Crippen LogP contribution in [0.4, 0.5) is 11.4 Å². The van der Waals surface area contributed by atoms with Crippen molar-refractivity contribution in [1.82, 2.24) is 0 Å². The van der Waals surface area contributed by atoms with Gasteiger partial charge >= 0.3 is 5.97 Å². The molecular weight excluding hydrogens is 450 g/mol. The van der Waals surface area contributed by atoms with Crippen LogP contribution in [0.3, 0.4) is 0 Å². The van der Waals surface area contributed by atoms with Gasteiger partial charge in [-0.2, -0.15) is 0 Å². The molecule has 6 nitrogen and oxygen atoms in total. The number of carboxylic acids is 1. The number of rotatable bonds is 8. The van der Waals surface area contributed by atoms with Gasteiger partial charge in [0.25, 0.3) is 0 Å². The van der Waals surface area contributed by atoms with Crippen LogP contribution in [0, 0.1) is 5.41 Å². The number of benzene rings is 2. The van der Waals surface area contributed by atoms with Crippen molar-refractivity contribution >= 4 is 38.8 Å². The summed E-state index contributed by atoms with van der Waals surface area (Å²) in [5, 5.41) is 8.99. The molecule has 1 unspecified atom stereocenters. The molecular formula is C24H28ClNO5S. The summed E-state index contributed by atoms with van der Waals surface area (Å²) in [7, 11) is -3.67. The average Bonchev–Trinajstić information content (AvgIpc) is 2.85. The number of para-hydroxylation sites is 1. The van der Waals surface area contributed by atoms with Gasteiger partial charge in [0, 0.05) is 23.7 Å². The fourth-order valence-electron chi connectivity index (χ4n) is 4.12. The van der Waals surface area contributed by atoms with E-state index in [1.54, 1.807) is 6.07 Å². The highest BCUT2D eigenvalue weighted by molar-refractivity contribution is 7.91. The summed E-state index contributed by atoms with van der Waals surface area (Å²) in [6.45, 7) is 4.70. The van der Waals surface area contributed by atoms with Gasteiger partial charge in [-0.25, -0.2) is 13.2 Å². The Bertz CT molecular complexity index is 1100. The zero-order valence-corrected chi connectivity index (χ0v) is 19.8. The Morgan fingerprint density at radius 3 is 2.59 bits per heavy atom. The van der Waals surface area contributed by atoms with Gasteiger partial charge in [0.15, 0.2) is 9.84 Å². The van der Waals surface area contributed by atoms with Crippen molar-refractivity contribution in [3.05, 3.63) is 59.8 Å². The van der Waals surface area contributed by atoms with E-state index in [-0.39, 0.29) is 21.4 Å². The van der Waals surface area contributed by atoms with Crippen LogP contribution in [0.15, 0.2) is 59.7 Å². The maximum Gasteiger partial charge on any atom is 0.331 e. The van der Waals surface area contributed by atoms with Crippen molar-refractivity contribution in [3.8, 4) is 5.75 Å². The van der Waals surface area contributed by atoms with E-state index < -0.39 is 21.2 Å². The van der Waals surface area contributed by atoms with Crippen molar-refractivity contribution in [1.29, 1.82) is 0 Å². The number of aliphatic carboxylic acids is 1. The van der Waals surface area contributed by atoms with E-state index in [1.807, 2.05) is 42.2 Å². The van der Waals surface area contributed by atoms with E-state index >= 15 is 0 Å². The van der Waals surface area contributed by atoms with Gasteiger partial charge < -0.3 is 14.7 Å². The second kappa shape index (κ2) is 9.96. The minimum atomic E-state index is -3.67. The molecule has 0 saturated carbocycles. The molecule has 0 spiro atoms. The topological polar surface area (TPSA) is 83.9 Å². The zero-order valence-electron chi connectivity index (χ0n) is 18.3. The van der Waals surface area contributed by atoms with E-state index in [0.29, 0.717) is 12.2 Å². The molecule has 1 aliphatic rings. The molecule has 1 atom stereocenters. The lowest BCUT2D eigenvalue weighted by molar-refractivity contribution is -0.131. The number of fused-ring (bicyclic) bond motifs is 1. The quantitative estimate of drug-likeness (QED) is 0.380. The third-order valence-electron chi connectivity index (χ3n) is 5.91. The Balaban J connectivity index is 2.19. The number of carboxylic acid groups (broad SMARTS) is 1. The first-order valence-corrected chi connectivity index (χ1v) is 12.7. The summed E-state index contributed by atoms with van der Waals surface area (Å²) in [6, 6.07) is 12.7. The summed E-state index contributed by atoms with van der Waals surface area (Å²) in [6.07, 6.45) is 5.25. The van der Waals surface area contributed by atoms with Crippen LogP contribution in [0.25, 0.3) is 0 Å². The number of hydrogen-bond donors (Lipinski definition) is 1. The van der Waals surface area contributed by atoms with Crippen molar-refractivity contribution in [2.45, 2.75) is 44.4 Å². The van der Waals surface area contributed by atoms with Gasteiger partial charge in [-0.05, 0) is 31.0 Å². The molecule has 0 amide bonds. The molecule has 0 saturated heterocycles. The third kappa shape index (κ3) is 5.27. The van der Waals surface area contributed by atoms with E-state index in [1.165, 1.54) is 6.07 Å². The number of anilines is 2. The van der Waals surface area contributed by atoms with Crippen molar-refractivity contribution < 1.29 is 23.1 Å². The maximum atomic E-state index is 13.6. The molecule has 1 aliphatic heterocycles. The van der Waals surface area contributed by atoms with Gasteiger partial charge in [0.1, 0.15) is 5.75 Å². The fourth-order valence-corrected chi connectivity index (χ4v) is 6.50. The molecule has 172 valence electrons. The summed E-state index contributed by atoms with van der Waals surface area (Å²) >= 11 is 6.44. The van der Waals surface area contributed by atoms with Gasteiger partial charge in [0.2, 0.25) is 0 Å². The molecule has 3 rings (SSSR count). The first-order valence-electron chi connectivity index (χ1n) is 10.7. The minimum absolute atomic E-state index is 0.0267. The van der Waals surface area contributed by atoms with Crippen LogP contribution < -0.4 is 9.64 Å². The average molecular weight is 478 g/mol. The number of nitrogens with zero attached hydrogens (tertiary/aromatic N) is 1. The Labute approximate surface area is 194 Å². The smallest absolute Gasteiger partial charge is 0.331 e. The molecule has 2 aromatic carbocycles. The number of unbranched alkanes of at least 4 members (excludes halogenated alkanes) is 1. The highest BCUT2D eigenvalue weighted by Crippen LogP contribution is 2.46. The van der Waals surface area contributed by atoms with E-state index in [9.17, 15) is 13.2 Å². The largest absolute Gasteiger partial charge is 0.478 e. The minimum Gasteiger partial charge on any atom is -0.478 e. The van der Waals surface area contributed by atoms with Crippen molar-refractivity contribution in [3.63, 3.8) is 0 Å². The summed E-state index contributed by atoms with van der Waals surface area (Å²) in [5.41, 5.74) is 0.971. The van der Waals surface area contributed by atoms with E-state index in [4.69, 9.17) is 21.4 Å². The van der Waals surface area contributed by atoms with Crippen LogP contribution in [0.1, 0.15) is 39.5 Å². The first-order chi connectivity index (χ1) is 15.2. The Morgan fingerprint density at radius 2 is 1.97 bits per heavy atom. The molecule has 0 radical (unpaired) electrons. The number of sulfone groups is 1. The lowest BCUT2D eigenvalue weighted by Crippen LogP contribution is -2.37. The highest BCUT2D eigenvalue weighted by atomic mass is 35.5. The SMILES string of the molecule is CCCCC1(CC)CN(c2ccccc2)c2cc(Cl)c(OC=CC(=O)O)cc2S(=O)(=O)C1. The summed E-state index contributed by atoms with van der Waals surface area (Å²) in [4.78, 5) is 12.9. The standard InChI is InChI=1S/C24H28ClNO5S/c1-3-5-12-24(4-2)16-26(18-9-7-6-8-10-18)20-14-19(25)21(31-13-11-23(27)28)15-22(20)32(29,30)17-24/h6-11,13-15H,3-5,12,16-17H2,1-2H3,(H,27,28). The zero-order chi connectivity index (χ0) is 23.4. The number of hydrogen-bond acceptors (Lipinski definition) is 5. The molecule has 0 fully saturated rings. The van der Waals surface area contributed by atoms with Crippen LogP contribution in [0.5, 0.6) is 5.75 Å². The molecule has 0 aromatic heterocycles. The molecule has 1 N–H and O–H groups in total. The van der Waals surface area contributed by atoms with Gasteiger partial charge in [0.05, 0.1) is 33.7 Å². The monoisotopic (exact) mass is 477 g/mol. The molecule has 2 aromatic rings. The molecule has 1 heterocycles. The predicted octanol–water partition coefficient (Wildman–Crippen LogP) is 5.83. The van der Waals surface area contributed by atoms with Crippen molar-refractivity contribution in [2.24, 2.45) is 5.41 Å².